The fourth-order valence-corrected chi connectivity index (χ4v) is 2.89. The molecule has 1 aliphatic rings. The molecular weight excluding hydrogens is 304 g/mol. The Morgan fingerprint density at radius 1 is 1.00 bits per heavy atom. The molecule has 0 saturated heterocycles. The molecule has 1 aromatic carbocycles. The van der Waals surface area contributed by atoms with Crippen LogP contribution in [0.1, 0.15) is 32.3 Å². The Bertz CT molecular complexity index is 569. The van der Waals surface area contributed by atoms with E-state index in [1.54, 1.807) is 14.2 Å². The van der Waals surface area contributed by atoms with Crippen LogP contribution in [0, 0.1) is 5.92 Å². The number of aliphatic hydroxyl groups is 1. The molecular formula is C19H28N2O3. The second-order valence-electron chi connectivity index (χ2n) is 6.42. The summed E-state index contributed by atoms with van der Waals surface area (Å²) in [6, 6.07) is 9.63. The van der Waals surface area contributed by atoms with Gasteiger partial charge in [-0.1, -0.05) is 44.2 Å². The van der Waals surface area contributed by atoms with Gasteiger partial charge in [-0.3, -0.25) is 0 Å². The van der Waals surface area contributed by atoms with Crippen LogP contribution in [0.2, 0.25) is 0 Å². The lowest BCUT2D eigenvalue weighted by molar-refractivity contribution is 0.142. The molecule has 1 heterocycles. The highest BCUT2D eigenvalue weighted by Crippen LogP contribution is 2.21. The molecule has 0 aliphatic carbocycles. The van der Waals surface area contributed by atoms with Gasteiger partial charge in [0, 0.05) is 0 Å². The van der Waals surface area contributed by atoms with Crippen LogP contribution in [0.15, 0.2) is 40.3 Å². The van der Waals surface area contributed by atoms with Crippen molar-refractivity contribution in [2.45, 2.75) is 51.3 Å². The van der Waals surface area contributed by atoms with Crippen LogP contribution < -0.4 is 0 Å². The second-order valence-corrected chi connectivity index (χ2v) is 6.42. The van der Waals surface area contributed by atoms with Crippen molar-refractivity contribution in [2.75, 3.05) is 14.2 Å². The third-order valence-corrected chi connectivity index (χ3v) is 4.26. The average molecular weight is 332 g/mol. The molecule has 5 heteroatoms. The number of benzene rings is 1. The Hall–Kier alpha value is -1.88. The van der Waals surface area contributed by atoms with Crippen molar-refractivity contribution in [3.8, 4) is 0 Å². The summed E-state index contributed by atoms with van der Waals surface area (Å²) in [5.41, 5.74) is 1.27. The van der Waals surface area contributed by atoms with Crippen LogP contribution >= 0.6 is 0 Å². The lowest BCUT2D eigenvalue weighted by atomic mass is 9.98. The first kappa shape index (κ1) is 18.5. The number of nitrogens with zero attached hydrogens (tertiary/aromatic N) is 2. The summed E-state index contributed by atoms with van der Waals surface area (Å²) in [6.45, 7) is 4.12. The van der Waals surface area contributed by atoms with Crippen molar-refractivity contribution in [1.82, 2.24) is 0 Å². The van der Waals surface area contributed by atoms with Gasteiger partial charge >= 0.3 is 0 Å². The fraction of sp³-hybridized carbons (Fsp3) is 0.579. The summed E-state index contributed by atoms with van der Waals surface area (Å²) < 4.78 is 10.8. The van der Waals surface area contributed by atoms with E-state index >= 15 is 0 Å². The van der Waals surface area contributed by atoms with E-state index in [2.05, 4.69) is 36.0 Å². The highest BCUT2D eigenvalue weighted by atomic mass is 16.5. The summed E-state index contributed by atoms with van der Waals surface area (Å²) in [5, 5.41) is 10.6. The summed E-state index contributed by atoms with van der Waals surface area (Å²) in [6.07, 6.45) is 1.81. The monoisotopic (exact) mass is 332 g/mol. The van der Waals surface area contributed by atoms with E-state index in [4.69, 9.17) is 9.47 Å². The topological polar surface area (TPSA) is 63.4 Å². The van der Waals surface area contributed by atoms with Crippen LogP contribution in [-0.4, -0.2) is 49.3 Å². The van der Waals surface area contributed by atoms with E-state index in [9.17, 15) is 5.11 Å². The largest absolute Gasteiger partial charge is 0.483 e. The van der Waals surface area contributed by atoms with E-state index in [0.717, 1.165) is 12.8 Å². The lowest BCUT2D eigenvalue weighted by Gasteiger charge is -2.29. The number of hydrogen-bond donors (Lipinski definition) is 1. The summed E-state index contributed by atoms with van der Waals surface area (Å²) >= 11 is 0. The summed E-state index contributed by atoms with van der Waals surface area (Å²) in [7, 11) is 3.17. The molecule has 0 aromatic heterocycles. The molecule has 3 atom stereocenters. The maximum Gasteiger partial charge on any atom is 0.212 e. The molecule has 1 aromatic rings. The SMILES string of the molecule is COC1=N[C@H](C(C)C)C(OC)=N[C@H]1C(O)CCCc1ccccc1. The normalized spacial score (nSPS) is 21.9. The Morgan fingerprint density at radius 2 is 1.58 bits per heavy atom. The number of ether oxygens (including phenoxy) is 2. The first-order valence-corrected chi connectivity index (χ1v) is 8.52. The minimum absolute atomic E-state index is 0.155. The van der Waals surface area contributed by atoms with Gasteiger partial charge in [0.05, 0.1) is 20.3 Å². The Labute approximate surface area is 144 Å². The number of aryl methyl sites for hydroxylation is 1. The third kappa shape index (κ3) is 4.57. The predicted octanol–water partition coefficient (Wildman–Crippen LogP) is 2.87. The zero-order valence-corrected chi connectivity index (χ0v) is 15.0. The minimum atomic E-state index is -0.634. The van der Waals surface area contributed by atoms with E-state index in [-0.39, 0.29) is 12.0 Å². The quantitative estimate of drug-likeness (QED) is 0.871. The Balaban J connectivity index is 2.00. The van der Waals surface area contributed by atoms with E-state index < -0.39 is 12.1 Å². The highest BCUT2D eigenvalue weighted by Gasteiger charge is 2.34. The van der Waals surface area contributed by atoms with Gasteiger partial charge in [-0.05, 0) is 30.7 Å². The predicted molar refractivity (Wildman–Crippen MR) is 96.7 cm³/mol. The number of aliphatic hydroxyl groups excluding tert-OH is 1. The first-order valence-electron chi connectivity index (χ1n) is 8.52. The zero-order valence-electron chi connectivity index (χ0n) is 15.0. The molecule has 0 bridgehead atoms. The van der Waals surface area contributed by atoms with Gasteiger partial charge in [0.25, 0.3) is 0 Å². The molecule has 2 rings (SSSR count). The Morgan fingerprint density at radius 3 is 2.17 bits per heavy atom. The maximum atomic E-state index is 10.6. The highest BCUT2D eigenvalue weighted by molar-refractivity contribution is 5.94. The molecule has 132 valence electrons. The van der Waals surface area contributed by atoms with Crippen molar-refractivity contribution in [2.24, 2.45) is 15.9 Å². The molecule has 1 unspecified atom stereocenters. The van der Waals surface area contributed by atoms with Crippen molar-refractivity contribution in [1.29, 1.82) is 0 Å². The van der Waals surface area contributed by atoms with Crippen molar-refractivity contribution in [3.05, 3.63) is 35.9 Å². The molecule has 0 spiro atoms. The van der Waals surface area contributed by atoms with Crippen LogP contribution in [0.25, 0.3) is 0 Å². The zero-order chi connectivity index (χ0) is 17.5. The molecule has 1 N–H and O–H groups in total. The van der Waals surface area contributed by atoms with E-state index in [1.165, 1.54) is 5.56 Å². The number of aliphatic imine (C=N–C) groups is 2. The van der Waals surface area contributed by atoms with E-state index in [1.807, 2.05) is 18.2 Å². The average Bonchev–Trinajstić information content (AvgIpc) is 2.61. The first-order chi connectivity index (χ1) is 11.6. The number of hydrogen-bond acceptors (Lipinski definition) is 5. The molecule has 24 heavy (non-hydrogen) atoms. The van der Waals surface area contributed by atoms with Crippen LogP contribution in [0.4, 0.5) is 0 Å². The fourth-order valence-electron chi connectivity index (χ4n) is 2.89. The minimum Gasteiger partial charge on any atom is -0.483 e. The van der Waals surface area contributed by atoms with E-state index in [0.29, 0.717) is 18.2 Å². The smallest absolute Gasteiger partial charge is 0.212 e. The van der Waals surface area contributed by atoms with Crippen LogP contribution in [0.5, 0.6) is 0 Å². The second kappa shape index (κ2) is 8.83. The third-order valence-electron chi connectivity index (χ3n) is 4.26. The summed E-state index contributed by atoms with van der Waals surface area (Å²) in [5.74, 6) is 1.31. The van der Waals surface area contributed by atoms with Gasteiger partial charge in [0.15, 0.2) is 6.04 Å². The number of methoxy groups -OCH3 is 2. The van der Waals surface area contributed by atoms with Crippen molar-refractivity contribution < 1.29 is 14.6 Å². The summed E-state index contributed by atoms with van der Waals surface area (Å²) in [4.78, 5) is 9.17. The maximum absolute atomic E-state index is 10.6. The van der Waals surface area contributed by atoms with Gasteiger partial charge in [0.2, 0.25) is 11.8 Å². The Kier molecular flexibility index (Phi) is 6.79. The van der Waals surface area contributed by atoms with Crippen molar-refractivity contribution >= 4 is 11.8 Å². The molecule has 0 radical (unpaired) electrons. The molecule has 0 fully saturated rings. The molecule has 5 nitrogen and oxygen atoms in total. The number of rotatable bonds is 6. The van der Waals surface area contributed by atoms with Crippen molar-refractivity contribution in [3.63, 3.8) is 0 Å². The van der Waals surface area contributed by atoms with Gasteiger partial charge < -0.3 is 14.6 Å². The van der Waals surface area contributed by atoms with Gasteiger partial charge in [-0.2, -0.15) is 0 Å². The van der Waals surface area contributed by atoms with Crippen LogP contribution in [0.3, 0.4) is 0 Å². The van der Waals surface area contributed by atoms with Gasteiger partial charge in [0.1, 0.15) is 6.04 Å². The molecule has 0 saturated carbocycles. The van der Waals surface area contributed by atoms with Gasteiger partial charge in [-0.15, -0.1) is 0 Å². The molecule has 1 aliphatic heterocycles. The van der Waals surface area contributed by atoms with Gasteiger partial charge in [-0.25, -0.2) is 9.98 Å². The molecule has 0 amide bonds. The van der Waals surface area contributed by atoms with Crippen LogP contribution in [-0.2, 0) is 15.9 Å². The lowest BCUT2D eigenvalue weighted by Crippen LogP contribution is -2.42. The standard InChI is InChI=1S/C19H28N2O3/c1-13(2)16-18(23-3)21-17(19(20-16)24-4)15(22)12-8-11-14-9-6-5-7-10-14/h5-7,9-10,13,15-17,22H,8,11-12H2,1-4H3/t15?,16-,17+/m1/s1.